The minimum absolute atomic E-state index is 0.149. The fraction of sp³-hybridized carbons (Fsp3) is 0.190. The van der Waals surface area contributed by atoms with Crippen LogP contribution in [0.3, 0.4) is 0 Å². The van der Waals surface area contributed by atoms with Gasteiger partial charge in [-0.3, -0.25) is 4.79 Å². The molecule has 0 fully saturated rings. The van der Waals surface area contributed by atoms with Gasteiger partial charge in [-0.1, -0.05) is 60.7 Å². The van der Waals surface area contributed by atoms with E-state index in [-0.39, 0.29) is 12.5 Å². The molecule has 1 aliphatic carbocycles. The highest BCUT2D eigenvalue weighted by molar-refractivity contribution is 6.07. The third-order valence-electron chi connectivity index (χ3n) is 4.90. The normalized spacial score (nSPS) is 19.2. The zero-order valence-corrected chi connectivity index (χ0v) is 13.3. The molecule has 3 heteroatoms. The third kappa shape index (κ3) is 2.47. The molecule has 0 saturated carbocycles. The highest BCUT2D eigenvalue weighted by Gasteiger charge is 2.36. The lowest BCUT2D eigenvalue weighted by molar-refractivity contribution is 0.0370. The number of carbonyl (C=O) groups is 1. The van der Waals surface area contributed by atoms with Gasteiger partial charge in [0, 0.05) is 5.56 Å². The van der Waals surface area contributed by atoms with E-state index in [1.165, 1.54) is 5.56 Å². The van der Waals surface area contributed by atoms with E-state index in [0.717, 1.165) is 22.8 Å². The van der Waals surface area contributed by atoms with E-state index in [4.69, 9.17) is 0 Å². The number of aliphatic hydroxyl groups is 1. The summed E-state index contributed by atoms with van der Waals surface area (Å²) in [4.78, 5) is 12.6. The molecule has 1 atom stereocenters. The molecule has 0 aromatic heterocycles. The summed E-state index contributed by atoms with van der Waals surface area (Å²) in [5, 5.41) is 15.8. The Bertz CT molecular complexity index is 913. The maximum Gasteiger partial charge on any atom is 0.252 e. The van der Waals surface area contributed by atoms with Crippen molar-refractivity contribution in [3.63, 3.8) is 0 Å². The lowest BCUT2D eigenvalue weighted by atomic mass is 9.95. The number of carbonyl (C=O) groups excluding carboxylic acids is 1. The second-order valence-corrected chi connectivity index (χ2v) is 6.40. The summed E-state index contributed by atoms with van der Waals surface area (Å²) in [6.07, 6.45) is 1.49. The molecule has 3 nitrogen and oxygen atoms in total. The van der Waals surface area contributed by atoms with E-state index in [9.17, 15) is 9.90 Å². The molecule has 0 bridgehead atoms. The third-order valence-corrected chi connectivity index (χ3v) is 4.90. The van der Waals surface area contributed by atoms with Gasteiger partial charge in [-0.05, 0) is 40.8 Å². The van der Waals surface area contributed by atoms with Gasteiger partial charge in [-0.25, -0.2) is 0 Å². The molecule has 0 spiro atoms. The van der Waals surface area contributed by atoms with Gasteiger partial charge in [0.05, 0.1) is 6.54 Å². The average Bonchev–Trinajstić information content (AvgIpc) is 2.97. The Morgan fingerprint density at radius 1 is 1.00 bits per heavy atom. The Morgan fingerprint density at radius 2 is 1.75 bits per heavy atom. The molecule has 0 radical (unpaired) electrons. The fourth-order valence-electron chi connectivity index (χ4n) is 3.60. The van der Waals surface area contributed by atoms with Crippen molar-refractivity contribution in [1.29, 1.82) is 0 Å². The van der Waals surface area contributed by atoms with Gasteiger partial charge < -0.3 is 10.4 Å². The first kappa shape index (κ1) is 14.9. The van der Waals surface area contributed by atoms with Crippen LogP contribution in [-0.2, 0) is 12.0 Å². The first-order chi connectivity index (χ1) is 11.7. The van der Waals surface area contributed by atoms with E-state index in [1.807, 2.05) is 66.7 Å². The van der Waals surface area contributed by atoms with Crippen molar-refractivity contribution in [2.24, 2.45) is 0 Å². The molecule has 0 heterocycles. The van der Waals surface area contributed by atoms with Crippen LogP contribution in [0.5, 0.6) is 0 Å². The van der Waals surface area contributed by atoms with Crippen LogP contribution in [0.2, 0.25) is 0 Å². The SMILES string of the molecule is O=C(NCC1(O)CCc2ccccc21)c1cccc2ccccc12. The van der Waals surface area contributed by atoms with Crippen LogP contribution in [0.4, 0.5) is 0 Å². The first-order valence-corrected chi connectivity index (χ1v) is 8.24. The number of nitrogens with one attached hydrogen (secondary N) is 1. The maximum atomic E-state index is 12.6. The molecule has 1 unspecified atom stereocenters. The van der Waals surface area contributed by atoms with Crippen molar-refractivity contribution >= 4 is 16.7 Å². The van der Waals surface area contributed by atoms with Crippen molar-refractivity contribution in [2.75, 3.05) is 6.54 Å². The quantitative estimate of drug-likeness (QED) is 0.778. The van der Waals surface area contributed by atoms with Crippen molar-refractivity contribution in [3.05, 3.63) is 83.4 Å². The highest BCUT2D eigenvalue weighted by atomic mass is 16.3. The molecular formula is C21H19NO2. The number of fused-ring (bicyclic) bond motifs is 2. The monoisotopic (exact) mass is 317 g/mol. The number of rotatable bonds is 3. The van der Waals surface area contributed by atoms with Gasteiger partial charge >= 0.3 is 0 Å². The van der Waals surface area contributed by atoms with Crippen molar-refractivity contribution < 1.29 is 9.90 Å². The molecule has 1 amide bonds. The highest BCUT2D eigenvalue weighted by Crippen LogP contribution is 2.36. The lowest BCUT2D eigenvalue weighted by Gasteiger charge is -2.24. The lowest BCUT2D eigenvalue weighted by Crippen LogP contribution is -2.39. The smallest absolute Gasteiger partial charge is 0.252 e. The van der Waals surface area contributed by atoms with E-state index in [0.29, 0.717) is 12.0 Å². The summed E-state index contributed by atoms with van der Waals surface area (Å²) in [6.45, 7) is 0.228. The molecule has 1 aliphatic rings. The zero-order chi connectivity index (χ0) is 16.6. The standard InChI is InChI=1S/C21H19NO2/c23-20(18-10-5-8-15-6-1-3-9-17(15)18)22-14-21(24)13-12-16-7-2-4-11-19(16)21/h1-11,24H,12-14H2,(H,22,23). The zero-order valence-electron chi connectivity index (χ0n) is 13.3. The molecule has 3 aromatic carbocycles. The predicted molar refractivity (Wildman–Crippen MR) is 94.9 cm³/mol. The van der Waals surface area contributed by atoms with Gasteiger partial charge in [0.25, 0.3) is 5.91 Å². The topological polar surface area (TPSA) is 49.3 Å². The largest absolute Gasteiger partial charge is 0.383 e. The number of benzene rings is 3. The summed E-state index contributed by atoms with van der Waals surface area (Å²) in [7, 11) is 0. The van der Waals surface area contributed by atoms with E-state index >= 15 is 0 Å². The van der Waals surface area contributed by atoms with Gasteiger partial charge in [0.15, 0.2) is 0 Å². The second kappa shape index (κ2) is 5.77. The summed E-state index contributed by atoms with van der Waals surface area (Å²) in [5.74, 6) is -0.149. The number of hydrogen-bond acceptors (Lipinski definition) is 2. The Labute approximate surface area is 140 Å². The van der Waals surface area contributed by atoms with Crippen LogP contribution in [0.1, 0.15) is 27.9 Å². The molecule has 2 N–H and O–H groups in total. The van der Waals surface area contributed by atoms with Crippen LogP contribution in [0.15, 0.2) is 66.7 Å². The minimum atomic E-state index is -0.975. The van der Waals surface area contributed by atoms with Crippen LogP contribution < -0.4 is 5.32 Å². The fourth-order valence-corrected chi connectivity index (χ4v) is 3.60. The average molecular weight is 317 g/mol. The van der Waals surface area contributed by atoms with Crippen LogP contribution >= 0.6 is 0 Å². The van der Waals surface area contributed by atoms with Gasteiger partial charge in [-0.15, -0.1) is 0 Å². The predicted octanol–water partition coefficient (Wildman–Crippen LogP) is 3.40. The summed E-state index contributed by atoms with van der Waals surface area (Å²) in [5.41, 5.74) is 1.77. The van der Waals surface area contributed by atoms with Gasteiger partial charge in [0.2, 0.25) is 0 Å². The van der Waals surface area contributed by atoms with Crippen molar-refractivity contribution in [1.82, 2.24) is 5.32 Å². The van der Waals surface area contributed by atoms with Crippen LogP contribution in [-0.4, -0.2) is 17.6 Å². The van der Waals surface area contributed by atoms with Crippen LogP contribution in [0.25, 0.3) is 10.8 Å². The maximum absolute atomic E-state index is 12.6. The summed E-state index contributed by atoms with van der Waals surface area (Å²) in [6, 6.07) is 21.4. The summed E-state index contributed by atoms with van der Waals surface area (Å²) >= 11 is 0. The molecule has 24 heavy (non-hydrogen) atoms. The second-order valence-electron chi connectivity index (χ2n) is 6.40. The van der Waals surface area contributed by atoms with Crippen molar-refractivity contribution in [2.45, 2.75) is 18.4 Å². The van der Waals surface area contributed by atoms with Gasteiger partial charge in [0.1, 0.15) is 5.60 Å². The molecule has 3 aromatic rings. The molecule has 120 valence electrons. The van der Waals surface area contributed by atoms with E-state index in [2.05, 4.69) is 5.32 Å². The Morgan fingerprint density at radius 3 is 2.67 bits per heavy atom. The molecular weight excluding hydrogens is 298 g/mol. The number of hydrogen-bond donors (Lipinski definition) is 2. The molecule has 4 rings (SSSR count). The Kier molecular flexibility index (Phi) is 3.58. The first-order valence-electron chi connectivity index (χ1n) is 8.24. The molecule has 0 saturated heterocycles. The Hall–Kier alpha value is -2.65. The molecule has 0 aliphatic heterocycles. The Balaban J connectivity index is 1.57. The van der Waals surface area contributed by atoms with E-state index < -0.39 is 5.60 Å². The number of amides is 1. The minimum Gasteiger partial charge on any atom is -0.383 e. The van der Waals surface area contributed by atoms with Crippen LogP contribution in [0, 0.1) is 0 Å². The van der Waals surface area contributed by atoms with Gasteiger partial charge in [-0.2, -0.15) is 0 Å². The van der Waals surface area contributed by atoms with Crippen molar-refractivity contribution in [3.8, 4) is 0 Å². The summed E-state index contributed by atoms with van der Waals surface area (Å²) < 4.78 is 0. The number of aryl methyl sites for hydroxylation is 1. The van der Waals surface area contributed by atoms with E-state index in [1.54, 1.807) is 0 Å².